The highest BCUT2D eigenvalue weighted by atomic mass is 35.5. The molecule has 2 aromatic rings. The predicted octanol–water partition coefficient (Wildman–Crippen LogP) is 5.28. The van der Waals surface area contributed by atoms with Gasteiger partial charge in [0.2, 0.25) is 0 Å². The zero-order chi connectivity index (χ0) is 17.0. The van der Waals surface area contributed by atoms with E-state index in [-0.39, 0.29) is 12.0 Å². The number of halogens is 2. The van der Waals surface area contributed by atoms with Gasteiger partial charge in [-0.3, -0.25) is 0 Å². The SMILES string of the molecule is CC(C)(C)c1ccccc1OC(=O)COc1cc(Cl)ccc1Cl. The molecule has 23 heavy (non-hydrogen) atoms. The van der Waals surface area contributed by atoms with Gasteiger partial charge in [-0.2, -0.15) is 0 Å². The zero-order valence-corrected chi connectivity index (χ0v) is 14.7. The van der Waals surface area contributed by atoms with Gasteiger partial charge >= 0.3 is 5.97 Å². The number of hydrogen-bond donors (Lipinski definition) is 0. The third kappa shape index (κ3) is 4.88. The lowest BCUT2D eigenvalue weighted by molar-refractivity contribution is -0.136. The second-order valence-electron chi connectivity index (χ2n) is 6.08. The van der Waals surface area contributed by atoms with Crippen LogP contribution in [-0.4, -0.2) is 12.6 Å². The Morgan fingerprint density at radius 2 is 1.74 bits per heavy atom. The molecule has 0 bridgehead atoms. The summed E-state index contributed by atoms with van der Waals surface area (Å²) in [5.74, 6) is 0.378. The van der Waals surface area contributed by atoms with Crippen molar-refractivity contribution in [3.63, 3.8) is 0 Å². The van der Waals surface area contributed by atoms with Gasteiger partial charge in [0.05, 0.1) is 5.02 Å². The zero-order valence-electron chi connectivity index (χ0n) is 13.2. The van der Waals surface area contributed by atoms with E-state index in [4.69, 9.17) is 32.7 Å². The summed E-state index contributed by atoms with van der Waals surface area (Å²) in [5, 5.41) is 0.869. The Kier molecular flexibility index (Phi) is 5.55. The number of carbonyl (C=O) groups excluding carboxylic acids is 1. The molecule has 0 saturated heterocycles. The number of para-hydroxylation sites is 1. The van der Waals surface area contributed by atoms with Crippen molar-refractivity contribution >= 4 is 29.2 Å². The molecule has 0 aliphatic rings. The second-order valence-corrected chi connectivity index (χ2v) is 6.93. The van der Waals surface area contributed by atoms with Crippen LogP contribution in [0.25, 0.3) is 0 Å². The predicted molar refractivity (Wildman–Crippen MR) is 92.7 cm³/mol. The average molecular weight is 353 g/mol. The van der Waals surface area contributed by atoms with Gasteiger partial charge in [0.1, 0.15) is 11.5 Å². The summed E-state index contributed by atoms with van der Waals surface area (Å²) in [4.78, 5) is 12.0. The summed E-state index contributed by atoms with van der Waals surface area (Å²) in [7, 11) is 0. The van der Waals surface area contributed by atoms with E-state index in [1.807, 2.05) is 18.2 Å². The molecular weight excluding hydrogens is 335 g/mol. The van der Waals surface area contributed by atoms with Gasteiger partial charge in [-0.1, -0.05) is 62.2 Å². The topological polar surface area (TPSA) is 35.5 Å². The van der Waals surface area contributed by atoms with Crippen LogP contribution in [-0.2, 0) is 10.2 Å². The van der Waals surface area contributed by atoms with Crippen molar-refractivity contribution < 1.29 is 14.3 Å². The molecule has 0 fully saturated rings. The van der Waals surface area contributed by atoms with Crippen LogP contribution in [0.1, 0.15) is 26.3 Å². The second kappa shape index (κ2) is 7.24. The van der Waals surface area contributed by atoms with E-state index in [0.717, 1.165) is 5.56 Å². The van der Waals surface area contributed by atoms with Gasteiger partial charge in [-0.15, -0.1) is 0 Å². The van der Waals surface area contributed by atoms with Crippen molar-refractivity contribution in [1.29, 1.82) is 0 Å². The smallest absolute Gasteiger partial charge is 0.349 e. The molecule has 2 rings (SSSR count). The highest BCUT2D eigenvalue weighted by molar-refractivity contribution is 6.34. The maximum Gasteiger partial charge on any atom is 0.349 e. The molecule has 0 radical (unpaired) electrons. The van der Waals surface area contributed by atoms with E-state index in [1.165, 1.54) is 0 Å². The monoisotopic (exact) mass is 352 g/mol. The Morgan fingerprint density at radius 1 is 1.04 bits per heavy atom. The molecule has 0 spiro atoms. The first-order chi connectivity index (χ1) is 10.8. The highest BCUT2D eigenvalue weighted by Crippen LogP contribution is 2.31. The van der Waals surface area contributed by atoms with Crippen LogP contribution in [0, 0.1) is 0 Å². The minimum atomic E-state index is -0.502. The van der Waals surface area contributed by atoms with Crippen LogP contribution in [0.3, 0.4) is 0 Å². The summed E-state index contributed by atoms with van der Waals surface area (Å²) in [6, 6.07) is 12.3. The Bertz CT molecular complexity index is 706. The molecule has 3 nitrogen and oxygen atoms in total. The molecule has 0 aliphatic heterocycles. The number of rotatable bonds is 4. The van der Waals surface area contributed by atoms with Gasteiger partial charge in [-0.05, 0) is 23.6 Å². The lowest BCUT2D eigenvalue weighted by Gasteiger charge is -2.22. The minimum Gasteiger partial charge on any atom is -0.480 e. The standard InChI is InChI=1S/C18H18Cl2O3/c1-18(2,3)13-6-4-5-7-15(13)23-17(21)11-22-16-10-12(19)8-9-14(16)20/h4-10H,11H2,1-3H3. The molecule has 2 aromatic carbocycles. The van der Waals surface area contributed by atoms with Crippen LogP contribution < -0.4 is 9.47 Å². The van der Waals surface area contributed by atoms with Crippen molar-refractivity contribution in [3.8, 4) is 11.5 Å². The van der Waals surface area contributed by atoms with Gasteiger partial charge in [0.25, 0.3) is 0 Å². The molecule has 0 heterocycles. The van der Waals surface area contributed by atoms with Crippen molar-refractivity contribution in [1.82, 2.24) is 0 Å². The molecule has 0 amide bonds. The Labute approximate surface area is 146 Å². The molecule has 5 heteroatoms. The van der Waals surface area contributed by atoms with Crippen LogP contribution in [0.2, 0.25) is 10.0 Å². The maximum absolute atomic E-state index is 12.0. The quantitative estimate of drug-likeness (QED) is 0.554. The summed E-state index contributed by atoms with van der Waals surface area (Å²) < 4.78 is 10.8. The maximum atomic E-state index is 12.0. The summed E-state index contributed by atoms with van der Waals surface area (Å²) in [6.07, 6.45) is 0. The van der Waals surface area contributed by atoms with Crippen LogP contribution in [0.15, 0.2) is 42.5 Å². The van der Waals surface area contributed by atoms with Gasteiger partial charge in [0, 0.05) is 16.7 Å². The highest BCUT2D eigenvalue weighted by Gasteiger charge is 2.20. The number of benzene rings is 2. The lowest BCUT2D eigenvalue weighted by atomic mass is 9.86. The largest absolute Gasteiger partial charge is 0.480 e. The average Bonchev–Trinajstić information content (AvgIpc) is 2.47. The molecule has 0 aromatic heterocycles. The van der Waals surface area contributed by atoms with Crippen molar-refractivity contribution in [2.75, 3.05) is 6.61 Å². The molecule has 122 valence electrons. The molecule has 0 atom stereocenters. The van der Waals surface area contributed by atoms with E-state index < -0.39 is 5.97 Å². The fourth-order valence-corrected chi connectivity index (χ4v) is 2.39. The fraction of sp³-hybridized carbons (Fsp3) is 0.278. The van der Waals surface area contributed by atoms with E-state index in [2.05, 4.69) is 20.8 Å². The first-order valence-electron chi connectivity index (χ1n) is 7.15. The molecule has 0 aliphatic carbocycles. The van der Waals surface area contributed by atoms with E-state index >= 15 is 0 Å². The van der Waals surface area contributed by atoms with Gasteiger partial charge in [-0.25, -0.2) is 4.79 Å². The molecule has 0 N–H and O–H groups in total. The summed E-state index contributed by atoms with van der Waals surface area (Å²) in [5.41, 5.74) is 0.822. The van der Waals surface area contributed by atoms with Gasteiger partial charge < -0.3 is 9.47 Å². The number of esters is 1. The fourth-order valence-electron chi connectivity index (χ4n) is 2.05. The van der Waals surface area contributed by atoms with Crippen molar-refractivity contribution in [2.45, 2.75) is 26.2 Å². The van der Waals surface area contributed by atoms with Crippen LogP contribution >= 0.6 is 23.2 Å². The minimum absolute atomic E-state index is 0.131. The Hall–Kier alpha value is -1.71. The van der Waals surface area contributed by atoms with Crippen LogP contribution in [0.4, 0.5) is 0 Å². The summed E-state index contributed by atoms with van der Waals surface area (Å²) >= 11 is 11.9. The Balaban J connectivity index is 2.05. The van der Waals surface area contributed by atoms with E-state index in [9.17, 15) is 4.79 Å². The van der Waals surface area contributed by atoms with Crippen molar-refractivity contribution in [3.05, 3.63) is 58.1 Å². The van der Waals surface area contributed by atoms with Crippen molar-refractivity contribution in [2.24, 2.45) is 0 Å². The van der Waals surface area contributed by atoms with Crippen LogP contribution in [0.5, 0.6) is 11.5 Å². The number of ether oxygens (including phenoxy) is 2. The lowest BCUT2D eigenvalue weighted by Crippen LogP contribution is -2.20. The first-order valence-corrected chi connectivity index (χ1v) is 7.91. The third-order valence-electron chi connectivity index (χ3n) is 3.16. The van der Waals surface area contributed by atoms with E-state index in [0.29, 0.717) is 21.5 Å². The van der Waals surface area contributed by atoms with Gasteiger partial charge in [0.15, 0.2) is 6.61 Å². The van der Waals surface area contributed by atoms with E-state index in [1.54, 1.807) is 24.3 Å². The number of hydrogen-bond acceptors (Lipinski definition) is 3. The number of carbonyl (C=O) groups is 1. The normalized spacial score (nSPS) is 11.2. The third-order valence-corrected chi connectivity index (χ3v) is 3.70. The summed E-state index contributed by atoms with van der Waals surface area (Å²) in [6.45, 7) is 5.92. The Morgan fingerprint density at radius 3 is 2.43 bits per heavy atom. The molecule has 0 saturated carbocycles. The molecule has 0 unspecified atom stereocenters. The molecular formula is C18H18Cl2O3. The first kappa shape index (κ1) is 17.6.